The zero-order chi connectivity index (χ0) is 12.7. The van der Waals surface area contributed by atoms with E-state index in [1.165, 1.54) is 6.33 Å². The smallest absolute Gasteiger partial charge is 0.152 e. The minimum absolute atomic E-state index is 0.107. The van der Waals surface area contributed by atoms with Crippen molar-refractivity contribution < 1.29 is 8.42 Å². The Kier molecular flexibility index (Phi) is 3.03. The summed E-state index contributed by atoms with van der Waals surface area (Å²) in [6, 6.07) is 0. The maximum Gasteiger partial charge on any atom is 0.152 e. The van der Waals surface area contributed by atoms with Crippen LogP contribution in [0.1, 0.15) is 13.3 Å². The average Bonchev–Trinajstić information content (AvgIpc) is 2.49. The molecule has 0 radical (unpaired) electrons. The number of hydrogen-bond acceptors (Lipinski definition) is 6. The van der Waals surface area contributed by atoms with Crippen LogP contribution in [0.5, 0.6) is 0 Å². The molecule has 1 aromatic heterocycles. The van der Waals surface area contributed by atoms with Crippen LogP contribution in [-0.4, -0.2) is 35.4 Å². The molecule has 1 aliphatic heterocycles. The van der Waals surface area contributed by atoms with Crippen molar-refractivity contribution in [3.8, 4) is 0 Å². The van der Waals surface area contributed by atoms with E-state index in [1.807, 2.05) is 6.92 Å². The minimum atomic E-state index is -2.95. The van der Waals surface area contributed by atoms with Gasteiger partial charge < -0.3 is 11.1 Å². The largest absolute Gasteiger partial charge is 0.383 e. The van der Waals surface area contributed by atoms with Gasteiger partial charge in [-0.3, -0.25) is 0 Å². The second-order valence-electron chi connectivity index (χ2n) is 4.45. The van der Waals surface area contributed by atoms with Gasteiger partial charge in [0.15, 0.2) is 9.84 Å². The van der Waals surface area contributed by atoms with Crippen molar-refractivity contribution in [2.75, 3.05) is 22.6 Å². The van der Waals surface area contributed by atoms with Gasteiger partial charge in [0.05, 0.1) is 17.0 Å². The number of hydrogen-bond donors (Lipinski definition) is 2. The zero-order valence-electron chi connectivity index (χ0n) is 9.27. The lowest BCUT2D eigenvalue weighted by Gasteiger charge is -2.25. The van der Waals surface area contributed by atoms with E-state index in [1.54, 1.807) is 0 Å². The summed E-state index contributed by atoms with van der Waals surface area (Å²) in [5.74, 6) is 1.16. The summed E-state index contributed by atoms with van der Waals surface area (Å²) < 4.78 is 23.5. The highest BCUT2D eigenvalue weighted by molar-refractivity contribution is 9.10. The zero-order valence-corrected chi connectivity index (χ0v) is 11.7. The first kappa shape index (κ1) is 12.6. The molecule has 1 fully saturated rings. The summed E-state index contributed by atoms with van der Waals surface area (Å²) in [6.07, 6.45) is 1.90. The van der Waals surface area contributed by atoms with Gasteiger partial charge in [0.1, 0.15) is 22.4 Å². The van der Waals surface area contributed by atoms with Gasteiger partial charge in [0.2, 0.25) is 0 Å². The van der Waals surface area contributed by atoms with E-state index in [-0.39, 0.29) is 11.5 Å². The van der Waals surface area contributed by atoms with Crippen molar-refractivity contribution in [1.82, 2.24) is 9.97 Å². The highest BCUT2D eigenvalue weighted by Gasteiger charge is 2.38. The van der Waals surface area contributed by atoms with E-state index in [0.29, 0.717) is 22.5 Å². The van der Waals surface area contributed by atoms with Crippen LogP contribution in [0.15, 0.2) is 10.8 Å². The molecule has 8 heteroatoms. The van der Waals surface area contributed by atoms with E-state index < -0.39 is 15.4 Å². The lowest BCUT2D eigenvalue weighted by Crippen LogP contribution is -2.36. The Morgan fingerprint density at radius 1 is 1.53 bits per heavy atom. The minimum Gasteiger partial charge on any atom is -0.383 e. The van der Waals surface area contributed by atoms with Crippen molar-refractivity contribution in [3.05, 3.63) is 10.8 Å². The predicted molar refractivity (Wildman–Crippen MR) is 69.4 cm³/mol. The Bertz CT molecular complexity index is 548. The standard InChI is InChI=1S/C9H13BrN4O2S/c1-9(2-3-17(15,16)4-9)14-8-6(10)7(11)12-5-13-8/h5H,2-4H2,1H3,(H3,11,12,13,14). The first-order chi connectivity index (χ1) is 7.81. The Morgan fingerprint density at radius 3 is 2.82 bits per heavy atom. The maximum absolute atomic E-state index is 11.5. The highest BCUT2D eigenvalue weighted by Crippen LogP contribution is 2.31. The van der Waals surface area contributed by atoms with Crippen LogP contribution in [0.2, 0.25) is 0 Å². The van der Waals surface area contributed by atoms with Crippen LogP contribution in [0, 0.1) is 0 Å². The topological polar surface area (TPSA) is 98.0 Å². The monoisotopic (exact) mass is 320 g/mol. The highest BCUT2D eigenvalue weighted by atomic mass is 79.9. The molecule has 2 rings (SSSR count). The molecule has 94 valence electrons. The van der Waals surface area contributed by atoms with Crippen LogP contribution < -0.4 is 11.1 Å². The molecule has 0 bridgehead atoms. The van der Waals surface area contributed by atoms with Crippen LogP contribution in [-0.2, 0) is 9.84 Å². The van der Waals surface area contributed by atoms with E-state index in [4.69, 9.17) is 5.73 Å². The van der Waals surface area contributed by atoms with Crippen molar-refractivity contribution >= 4 is 37.4 Å². The van der Waals surface area contributed by atoms with Crippen LogP contribution in [0.3, 0.4) is 0 Å². The summed E-state index contributed by atoms with van der Waals surface area (Å²) >= 11 is 3.28. The van der Waals surface area contributed by atoms with Crippen molar-refractivity contribution in [2.24, 2.45) is 0 Å². The Labute approximate surface area is 108 Å². The van der Waals surface area contributed by atoms with Crippen LogP contribution >= 0.6 is 15.9 Å². The molecule has 1 atom stereocenters. The summed E-state index contributed by atoms with van der Waals surface area (Å²) in [5, 5.41) is 3.12. The molecule has 0 saturated carbocycles. The Balaban J connectivity index is 2.25. The van der Waals surface area contributed by atoms with Crippen LogP contribution in [0.25, 0.3) is 0 Å². The van der Waals surface area contributed by atoms with Gasteiger partial charge in [-0.1, -0.05) is 0 Å². The number of halogens is 1. The molecule has 1 saturated heterocycles. The number of anilines is 2. The number of nitrogen functional groups attached to an aromatic ring is 1. The molecule has 2 heterocycles. The number of nitrogens with one attached hydrogen (secondary N) is 1. The fraction of sp³-hybridized carbons (Fsp3) is 0.556. The molecular weight excluding hydrogens is 308 g/mol. The van der Waals surface area contributed by atoms with Gasteiger partial charge in [-0.15, -0.1) is 0 Å². The summed E-state index contributed by atoms with van der Waals surface area (Å²) in [6.45, 7) is 1.86. The second kappa shape index (κ2) is 4.09. The lowest BCUT2D eigenvalue weighted by molar-refractivity contribution is 0.571. The number of rotatable bonds is 2. The number of nitrogens with two attached hydrogens (primary N) is 1. The number of sulfone groups is 1. The summed E-state index contributed by atoms with van der Waals surface area (Å²) in [7, 11) is -2.95. The third-order valence-corrected chi connectivity index (χ3v) is 5.42. The first-order valence-electron chi connectivity index (χ1n) is 5.06. The predicted octanol–water partition coefficient (Wildman–Crippen LogP) is 0.810. The molecule has 1 aliphatic rings. The number of aromatic nitrogens is 2. The van der Waals surface area contributed by atoms with Crippen molar-refractivity contribution in [1.29, 1.82) is 0 Å². The van der Waals surface area contributed by atoms with Crippen molar-refractivity contribution in [3.63, 3.8) is 0 Å². The average molecular weight is 321 g/mol. The van der Waals surface area contributed by atoms with E-state index in [0.717, 1.165) is 0 Å². The van der Waals surface area contributed by atoms with Gasteiger partial charge in [-0.2, -0.15) is 0 Å². The molecule has 0 amide bonds. The van der Waals surface area contributed by atoms with E-state index in [2.05, 4.69) is 31.2 Å². The molecule has 0 spiro atoms. The summed E-state index contributed by atoms with van der Waals surface area (Å²) in [4.78, 5) is 7.88. The van der Waals surface area contributed by atoms with E-state index >= 15 is 0 Å². The third kappa shape index (κ3) is 2.68. The van der Waals surface area contributed by atoms with Gasteiger partial charge in [0, 0.05) is 0 Å². The quantitative estimate of drug-likeness (QED) is 0.836. The maximum atomic E-state index is 11.5. The Hall–Kier alpha value is -0.890. The lowest BCUT2D eigenvalue weighted by atomic mass is 10.0. The molecule has 6 nitrogen and oxygen atoms in total. The fourth-order valence-corrected chi connectivity index (χ4v) is 4.26. The summed E-state index contributed by atoms with van der Waals surface area (Å²) in [5.41, 5.74) is 5.14. The first-order valence-corrected chi connectivity index (χ1v) is 7.67. The molecule has 17 heavy (non-hydrogen) atoms. The van der Waals surface area contributed by atoms with Gasteiger partial charge in [-0.05, 0) is 29.3 Å². The SMILES string of the molecule is CC1(Nc2ncnc(N)c2Br)CCS(=O)(=O)C1. The van der Waals surface area contributed by atoms with E-state index in [9.17, 15) is 8.42 Å². The third-order valence-electron chi connectivity index (χ3n) is 2.74. The number of nitrogens with zero attached hydrogens (tertiary/aromatic N) is 2. The van der Waals surface area contributed by atoms with Crippen molar-refractivity contribution in [2.45, 2.75) is 18.9 Å². The van der Waals surface area contributed by atoms with Gasteiger partial charge in [-0.25, -0.2) is 18.4 Å². The fourth-order valence-electron chi connectivity index (χ4n) is 1.87. The second-order valence-corrected chi connectivity index (χ2v) is 7.43. The molecule has 1 unspecified atom stereocenters. The molecule has 1 aromatic rings. The van der Waals surface area contributed by atoms with Gasteiger partial charge in [0.25, 0.3) is 0 Å². The normalized spacial score (nSPS) is 26.9. The molecular formula is C9H13BrN4O2S. The Morgan fingerprint density at radius 2 is 2.24 bits per heavy atom. The van der Waals surface area contributed by atoms with Gasteiger partial charge >= 0.3 is 0 Å². The molecule has 0 aromatic carbocycles. The molecule has 3 N–H and O–H groups in total. The molecule has 0 aliphatic carbocycles. The van der Waals surface area contributed by atoms with Crippen LogP contribution in [0.4, 0.5) is 11.6 Å².